The van der Waals surface area contributed by atoms with Crippen LogP contribution in [0.2, 0.25) is 0 Å². The molecule has 0 unspecified atom stereocenters. The number of hydrogen-bond acceptors (Lipinski definition) is 3. The van der Waals surface area contributed by atoms with Gasteiger partial charge in [0.1, 0.15) is 0 Å². The SMILES string of the molecule is Cc1cc(C)c(NC(=O)NCc2ccc(S(=O)(=O)N(C)C)cc2)c(C)c1. The maximum atomic E-state index is 12.2. The summed E-state index contributed by atoms with van der Waals surface area (Å²) < 4.78 is 25.3. The molecule has 140 valence electrons. The van der Waals surface area contributed by atoms with Crippen LogP contribution in [0, 0.1) is 20.8 Å². The van der Waals surface area contributed by atoms with Crippen LogP contribution in [0.3, 0.4) is 0 Å². The Kier molecular flexibility index (Phi) is 6.05. The van der Waals surface area contributed by atoms with Gasteiger partial charge in [-0.05, 0) is 49.6 Å². The fourth-order valence-corrected chi connectivity index (χ4v) is 3.61. The predicted molar refractivity (Wildman–Crippen MR) is 104 cm³/mol. The second kappa shape index (κ2) is 7.88. The number of carbonyl (C=O) groups excluding carboxylic acids is 1. The largest absolute Gasteiger partial charge is 0.334 e. The number of anilines is 1. The standard InChI is InChI=1S/C19H25N3O3S/c1-13-10-14(2)18(15(3)11-13)21-19(23)20-12-16-6-8-17(9-7-16)26(24,25)22(4)5/h6-11H,12H2,1-5H3,(H2,20,21,23). The van der Waals surface area contributed by atoms with Crippen LogP contribution in [0.25, 0.3) is 0 Å². The van der Waals surface area contributed by atoms with Gasteiger partial charge in [-0.25, -0.2) is 17.5 Å². The van der Waals surface area contributed by atoms with E-state index in [1.165, 1.54) is 18.4 Å². The van der Waals surface area contributed by atoms with Crippen molar-refractivity contribution in [3.05, 3.63) is 58.7 Å². The Morgan fingerprint density at radius 2 is 1.54 bits per heavy atom. The quantitative estimate of drug-likeness (QED) is 0.842. The normalized spacial score (nSPS) is 11.5. The zero-order valence-electron chi connectivity index (χ0n) is 15.8. The van der Waals surface area contributed by atoms with Gasteiger partial charge < -0.3 is 10.6 Å². The van der Waals surface area contributed by atoms with E-state index >= 15 is 0 Å². The Balaban J connectivity index is 2.00. The highest BCUT2D eigenvalue weighted by atomic mass is 32.2. The Morgan fingerprint density at radius 1 is 1.00 bits per heavy atom. The molecule has 2 aromatic carbocycles. The van der Waals surface area contributed by atoms with E-state index in [9.17, 15) is 13.2 Å². The summed E-state index contributed by atoms with van der Waals surface area (Å²) in [4.78, 5) is 12.4. The van der Waals surface area contributed by atoms with Crippen LogP contribution in [0.1, 0.15) is 22.3 Å². The molecule has 2 rings (SSSR count). The smallest absolute Gasteiger partial charge is 0.319 e. The molecule has 26 heavy (non-hydrogen) atoms. The summed E-state index contributed by atoms with van der Waals surface area (Å²) >= 11 is 0. The van der Waals surface area contributed by atoms with Gasteiger partial charge in [0.15, 0.2) is 0 Å². The highest BCUT2D eigenvalue weighted by Crippen LogP contribution is 2.21. The lowest BCUT2D eigenvalue weighted by Gasteiger charge is -2.14. The van der Waals surface area contributed by atoms with Crippen molar-refractivity contribution in [3.8, 4) is 0 Å². The molecule has 0 atom stereocenters. The Labute approximate surface area is 155 Å². The van der Waals surface area contributed by atoms with Gasteiger partial charge >= 0.3 is 6.03 Å². The Morgan fingerprint density at radius 3 is 2.04 bits per heavy atom. The molecule has 2 N–H and O–H groups in total. The zero-order valence-corrected chi connectivity index (χ0v) is 16.6. The highest BCUT2D eigenvalue weighted by Gasteiger charge is 2.16. The Bertz CT molecular complexity index is 881. The van der Waals surface area contributed by atoms with E-state index < -0.39 is 10.0 Å². The lowest BCUT2D eigenvalue weighted by Crippen LogP contribution is -2.29. The minimum Gasteiger partial charge on any atom is -0.334 e. The third-order valence-electron chi connectivity index (χ3n) is 4.07. The summed E-state index contributed by atoms with van der Waals surface area (Å²) in [6, 6.07) is 10.2. The number of benzene rings is 2. The third-order valence-corrected chi connectivity index (χ3v) is 5.90. The van der Waals surface area contributed by atoms with E-state index in [-0.39, 0.29) is 10.9 Å². The molecule has 0 saturated heterocycles. The van der Waals surface area contributed by atoms with Crippen molar-refractivity contribution in [1.82, 2.24) is 9.62 Å². The second-order valence-corrected chi connectivity index (χ2v) is 8.66. The van der Waals surface area contributed by atoms with Crippen LogP contribution in [0.5, 0.6) is 0 Å². The first kappa shape index (κ1) is 19.9. The number of carbonyl (C=O) groups is 1. The molecule has 0 heterocycles. The van der Waals surface area contributed by atoms with Crippen molar-refractivity contribution in [2.24, 2.45) is 0 Å². The first-order valence-corrected chi connectivity index (χ1v) is 9.69. The number of rotatable bonds is 5. The molecule has 0 bridgehead atoms. The van der Waals surface area contributed by atoms with Crippen molar-refractivity contribution in [2.75, 3.05) is 19.4 Å². The van der Waals surface area contributed by atoms with E-state index in [0.717, 1.165) is 27.9 Å². The van der Waals surface area contributed by atoms with E-state index in [1.54, 1.807) is 24.3 Å². The van der Waals surface area contributed by atoms with Gasteiger partial charge in [0, 0.05) is 26.3 Å². The molecule has 0 aliphatic heterocycles. The fraction of sp³-hybridized carbons (Fsp3) is 0.316. The lowest BCUT2D eigenvalue weighted by atomic mass is 10.1. The second-order valence-electron chi connectivity index (χ2n) is 6.51. The molecule has 2 aromatic rings. The van der Waals surface area contributed by atoms with Crippen molar-refractivity contribution >= 4 is 21.7 Å². The first-order valence-electron chi connectivity index (χ1n) is 8.25. The van der Waals surface area contributed by atoms with Gasteiger partial charge in [-0.3, -0.25) is 0 Å². The van der Waals surface area contributed by atoms with Crippen LogP contribution in [-0.4, -0.2) is 32.8 Å². The molecule has 0 aromatic heterocycles. The summed E-state index contributed by atoms with van der Waals surface area (Å²) in [5.74, 6) is 0. The molecule has 0 radical (unpaired) electrons. The van der Waals surface area contributed by atoms with Crippen LogP contribution < -0.4 is 10.6 Å². The summed E-state index contributed by atoms with van der Waals surface area (Å²) in [6.07, 6.45) is 0. The Hall–Kier alpha value is -2.38. The predicted octanol–water partition coefficient (Wildman–Crippen LogP) is 3.18. The molecule has 0 fully saturated rings. The third kappa shape index (κ3) is 4.62. The summed E-state index contributed by atoms with van der Waals surface area (Å²) in [5, 5.41) is 5.66. The molecule has 0 spiro atoms. The minimum atomic E-state index is -3.45. The van der Waals surface area contributed by atoms with Gasteiger partial charge in [-0.15, -0.1) is 0 Å². The number of nitrogens with one attached hydrogen (secondary N) is 2. The van der Waals surface area contributed by atoms with Gasteiger partial charge in [-0.1, -0.05) is 29.8 Å². The average Bonchev–Trinajstić information content (AvgIpc) is 2.56. The van der Waals surface area contributed by atoms with Gasteiger partial charge in [0.25, 0.3) is 0 Å². The summed E-state index contributed by atoms with van der Waals surface area (Å²) in [5.41, 5.74) is 4.79. The van der Waals surface area contributed by atoms with E-state index in [0.29, 0.717) is 6.54 Å². The molecular weight excluding hydrogens is 350 g/mol. The maximum Gasteiger partial charge on any atom is 0.319 e. The highest BCUT2D eigenvalue weighted by molar-refractivity contribution is 7.89. The van der Waals surface area contributed by atoms with Crippen molar-refractivity contribution < 1.29 is 13.2 Å². The van der Waals surface area contributed by atoms with Gasteiger partial charge in [0.2, 0.25) is 10.0 Å². The molecule has 0 aliphatic rings. The van der Waals surface area contributed by atoms with Crippen LogP contribution in [0.15, 0.2) is 41.3 Å². The van der Waals surface area contributed by atoms with Gasteiger partial charge in [-0.2, -0.15) is 0 Å². The molecule has 0 saturated carbocycles. The van der Waals surface area contributed by atoms with Gasteiger partial charge in [0.05, 0.1) is 4.90 Å². The van der Waals surface area contributed by atoms with Crippen LogP contribution in [0.4, 0.5) is 10.5 Å². The number of nitrogens with zero attached hydrogens (tertiary/aromatic N) is 1. The van der Waals surface area contributed by atoms with E-state index in [4.69, 9.17) is 0 Å². The van der Waals surface area contributed by atoms with Crippen LogP contribution >= 0.6 is 0 Å². The first-order chi connectivity index (χ1) is 12.1. The fourth-order valence-electron chi connectivity index (χ4n) is 2.71. The molecule has 7 heteroatoms. The number of urea groups is 1. The van der Waals surface area contributed by atoms with Crippen LogP contribution in [-0.2, 0) is 16.6 Å². The van der Waals surface area contributed by atoms with Crippen molar-refractivity contribution in [1.29, 1.82) is 0 Å². The van der Waals surface area contributed by atoms with Crippen molar-refractivity contribution in [3.63, 3.8) is 0 Å². The number of sulfonamides is 1. The number of aryl methyl sites for hydroxylation is 3. The van der Waals surface area contributed by atoms with E-state index in [2.05, 4.69) is 10.6 Å². The minimum absolute atomic E-state index is 0.224. The average molecular weight is 375 g/mol. The molecular formula is C19H25N3O3S. The van der Waals surface area contributed by atoms with E-state index in [1.807, 2.05) is 32.9 Å². The summed E-state index contributed by atoms with van der Waals surface area (Å²) in [7, 11) is -0.465. The number of amides is 2. The monoisotopic (exact) mass is 375 g/mol. The number of hydrogen-bond donors (Lipinski definition) is 2. The van der Waals surface area contributed by atoms with Crippen molar-refractivity contribution in [2.45, 2.75) is 32.2 Å². The molecule has 0 aliphatic carbocycles. The molecule has 6 nitrogen and oxygen atoms in total. The molecule has 2 amide bonds. The lowest BCUT2D eigenvalue weighted by molar-refractivity contribution is 0.251. The summed E-state index contributed by atoms with van der Waals surface area (Å²) in [6.45, 7) is 6.24. The zero-order chi connectivity index (χ0) is 19.5. The maximum absolute atomic E-state index is 12.2. The topological polar surface area (TPSA) is 78.5 Å².